The lowest BCUT2D eigenvalue weighted by molar-refractivity contribution is 0.457. The molecule has 1 saturated carbocycles. The number of hydrogen-bond donors (Lipinski definition) is 1. The molecule has 1 N–H and O–H groups in total. The van der Waals surface area contributed by atoms with Crippen molar-refractivity contribution in [1.29, 1.82) is 0 Å². The molecule has 0 aromatic carbocycles. The van der Waals surface area contributed by atoms with Gasteiger partial charge in [-0.1, -0.05) is 39.3 Å². The molecule has 5 nitrogen and oxygen atoms in total. The summed E-state index contributed by atoms with van der Waals surface area (Å²) in [4.78, 5) is 4.64. The van der Waals surface area contributed by atoms with Crippen LogP contribution in [0.1, 0.15) is 27.7 Å². The third-order valence-corrected chi connectivity index (χ3v) is 7.81. The van der Waals surface area contributed by atoms with Crippen LogP contribution >= 0.6 is 22.9 Å². The van der Waals surface area contributed by atoms with Gasteiger partial charge >= 0.3 is 0 Å². The molecule has 116 valence electrons. The highest BCUT2D eigenvalue weighted by Gasteiger charge is 2.64. The molecule has 0 radical (unpaired) electrons. The standard InChI is InChI=1S/C13H18ClN3O2S2/c1-12(2)8(13(12,3)4)7-15-21(18,19)10-9(14)16-11-17(10)5-6-20-11/h5-6,8,15H,7H2,1-4H3. The third-order valence-electron chi connectivity index (χ3n) is 5.23. The van der Waals surface area contributed by atoms with E-state index in [0.717, 1.165) is 0 Å². The lowest BCUT2D eigenvalue weighted by Crippen LogP contribution is -2.28. The molecule has 0 amide bonds. The van der Waals surface area contributed by atoms with E-state index < -0.39 is 10.0 Å². The van der Waals surface area contributed by atoms with Crippen LogP contribution in [0, 0.1) is 16.7 Å². The summed E-state index contributed by atoms with van der Waals surface area (Å²) in [6, 6.07) is 0. The lowest BCUT2D eigenvalue weighted by atomic mass is 10.0. The van der Waals surface area contributed by atoms with Crippen LogP contribution in [0.2, 0.25) is 5.15 Å². The Balaban J connectivity index is 1.86. The maximum atomic E-state index is 12.5. The minimum absolute atomic E-state index is 0.0173. The molecular formula is C13H18ClN3O2S2. The maximum Gasteiger partial charge on any atom is 0.259 e. The zero-order valence-electron chi connectivity index (χ0n) is 12.3. The van der Waals surface area contributed by atoms with Gasteiger partial charge in [0.05, 0.1) is 0 Å². The van der Waals surface area contributed by atoms with E-state index in [1.54, 1.807) is 11.6 Å². The van der Waals surface area contributed by atoms with E-state index in [1.807, 2.05) is 0 Å². The van der Waals surface area contributed by atoms with Gasteiger partial charge in [-0.15, -0.1) is 11.3 Å². The molecule has 0 unspecified atom stereocenters. The van der Waals surface area contributed by atoms with Crippen molar-refractivity contribution in [2.45, 2.75) is 32.7 Å². The fourth-order valence-electron chi connectivity index (χ4n) is 3.08. The zero-order chi connectivity index (χ0) is 15.6. The van der Waals surface area contributed by atoms with E-state index >= 15 is 0 Å². The number of fused-ring (bicyclic) bond motifs is 1. The van der Waals surface area contributed by atoms with Crippen molar-refractivity contribution in [1.82, 2.24) is 14.1 Å². The number of rotatable bonds is 4. The van der Waals surface area contributed by atoms with E-state index in [-0.39, 0.29) is 21.0 Å². The molecule has 3 rings (SSSR count). The summed E-state index contributed by atoms with van der Waals surface area (Å²) in [5.41, 5.74) is 0.267. The number of thiazole rings is 1. The molecule has 21 heavy (non-hydrogen) atoms. The van der Waals surface area contributed by atoms with E-state index in [0.29, 0.717) is 17.4 Å². The molecule has 1 aliphatic rings. The molecule has 0 spiro atoms. The predicted molar refractivity (Wildman–Crippen MR) is 84.3 cm³/mol. The minimum atomic E-state index is -3.67. The van der Waals surface area contributed by atoms with Crippen molar-refractivity contribution in [2.24, 2.45) is 16.7 Å². The Morgan fingerprint density at radius 3 is 2.57 bits per heavy atom. The number of aromatic nitrogens is 2. The van der Waals surface area contributed by atoms with Gasteiger partial charge in [0.25, 0.3) is 10.0 Å². The normalized spacial score (nSPS) is 21.0. The van der Waals surface area contributed by atoms with Crippen LogP contribution in [0.4, 0.5) is 0 Å². The number of imidazole rings is 1. The van der Waals surface area contributed by atoms with Gasteiger partial charge in [-0.2, -0.15) is 0 Å². The van der Waals surface area contributed by atoms with E-state index in [1.165, 1.54) is 15.7 Å². The van der Waals surface area contributed by atoms with E-state index in [2.05, 4.69) is 37.4 Å². The molecule has 0 aliphatic heterocycles. The van der Waals surface area contributed by atoms with Gasteiger partial charge < -0.3 is 0 Å². The van der Waals surface area contributed by atoms with Crippen molar-refractivity contribution in [2.75, 3.05) is 6.54 Å². The van der Waals surface area contributed by atoms with E-state index in [9.17, 15) is 8.42 Å². The molecule has 2 heterocycles. The molecule has 1 aliphatic carbocycles. The highest BCUT2D eigenvalue weighted by molar-refractivity contribution is 7.89. The first-order chi connectivity index (χ1) is 9.59. The van der Waals surface area contributed by atoms with Crippen molar-refractivity contribution in [3.05, 3.63) is 16.7 Å². The summed E-state index contributed by atoms with van der Waals surface area (Å²) in [7, 11) is -3.67. The molecule has 8 heteroatoms. The van der Waals surface area contributed by atoms with Crippen LogP contribution in [-0.4, -0.2) is 24.3 Å². The highest BCUT2D eigenvalue weighted by atomic mass is 35.5. The van der Waals surface area contributed by atoms with Gasteiger partial charge in [-0.3, -0.25) is 4.40 Å². The fraction of sp³-hybridized carbons (Fsp3) is 0.615. The van der Waals surface area contributed by atoms with E-state index in [4.69, 9.17) is 11.6 Å². The Hall–Kier alpha value is -0.630. The Morgan fingerprint density at radius 2 is 2.00 bits per heavy atom. The SMILES string of the molecule is CC1(C)C(CNS(=O)(=O)c2c(Cl)nc3sccn23)C1(C)C. The van der Waals surface area contributed by atoms with Crippen LogP contribution in [0.25, 0.3) is 4.96 Å². The molecule has 2 aromatic heterocycles. The van der Waals surface area contributed by atoms with Crippen LogP contribution in [0.3, 0.4) is 0 Å². The Labute approximate surface area is 133 Å². The molecule has 1 fully saturated rings. The summed E-state index contributed by atoms with van der Waals surface area (Å²) in [6.07, 6.45) is 1.67. The van der Waals surface area contributed by atoms with Crippen molar-refractivity contribution >= 4 is 37.9 Å². The smallest absolute Gasteiger partial charge is 0.259 e. The highest BCUT2D eigenvalue weighted by Crippen LogP contribution is 2.68. The van der Waals surface area contributed by atoms with Crippen molar-refractivity contribution < 1.29 is 8.42 Å². The Morgan fingerprint density at radius 1 is 1.38 bits per heavy atom. The molecule has 0 saturated heterocycles. The van der Waals surface area contributed by atoms with Gasteiger partial charge in [0.2, 0.25) is 0 Å². The summed E-state index contributed by atoms with van der Waals surface area (Å²) < 4.78 is 29.3. The molecule has 0 bridgehead atoms. The number of sulfonamides is 1. The summed E-state index contributed by atoms with van der Waals surface area (Å²) in [5, 5.41) is 1.82. The monoisotopic (exact) mass is 347 g/mol. The summed E-state index contributed by atoms with van der Waals surface area (Å²) >= 11 is 7.34. The second-order valence-electron chi connectivity index (χ2n) is 6.61. The molecular weight excluding hydrogens is 330 g/mol. The first kappa shape index (κ1) is 15.3. The first-order valence-corrected chi connectivity index (χ1v) is 9.44. The zero-order valence-corrected chi connectivity index (χ0v) is 14.7. The average Bonchev–Trinajstić information content (AvgIpc) is 2.74. The summed E-state index contributed by atoms with van der Waals surface area (Å²) in [5.74, 6) is 0.310. The van der Waals surface area contributed by atoms with Crippen molar-refractivity contribution in [3.8, 4) is 0 Å². The van der Waals surface area contributed by atoms with Gasteiger partial charge in [-0.05, 0) is 16.7 Å². The summed E-state index contributed by atoms with van der Waals surface area (Å²) in [6.45, 7) is 9.06. The van der Waals surface area contributed by atoms with Crippen molar-refractivity contribution in [3.63, 3.8) is 0 Å². The largest absolute Gasteiger partial charge is 0.279 e. The van der Waals surface area contributed by atoms with Crippen LogP contribution in [0.15, 0.2) is 16.6 Å². The van der Waals surface area contributed by atoms with Crippen LogP contribution in [-0.2, 0) is 10.0 Å². The fourth-order valence-corrected chi connectivity index (χ4v) is 5.58. The predicted octanol–water partition coefficient (Wildman–Crippen LogP) is 3.01. The minimum Gasteiger partial charge on any atom is -0.279 e. The quantitative estimate of drug-likeness (QED) is 0.924. The van der Waals surface area contributed by atoms with Gasteiger partial charge in [0.1, 0.15) is 0 Å². The Bertz CT molecular complexity index is 791. The van der Waals surface area contributed by atoms with Gasteiger partial charge in [0, 0.05) is 18.1 Å². The number of halogens is 1. The van der Waals surface area contributed by atoms with Crippen LogP contribution < -0.4 is 4.72 Å². The maximum absolute atomic E-state index is 12.5. The van der Waals surface area contributed by atoms with Crippen LogP contribution in [0.5, 0.6) is 0 Å². The third kappa shape index (κ3) is 2.13. The average molecular weight is 348 g/mol. The van der Waals surface area contributed by atoms with Gasteiger partial charge in [-0.25, -0.2) is 18.1 Å². The number of nitrogens with one attached hydrogen (secondary N) is 1. The molecule has 2 aromatic rings. The second-order valence-corrected chi connectivity index (χ2v) is 9.52. The molecule has 0 atom stereocenters. The lowest BCUT2D eigenvalue weighted by Gasteiger charge is -2.07. The number of hydrogen-bond acceptors (Lipinski definition) is 4. The Kier molecular flexibility index (Phi) is 3.23. The first-order valence-electron chi connectivity index (χ1n) is 6.70. The number of nitrogens with zero attached hydrogens (tertiary/aromatic N) is 2. The second kappa shape index (κ2) is 4.44. The van der Waals surface area contributed by atoms with Gasteiger partial charge in [0.15, 0.2) is 15.1 Å². The topological polar surface area (TPSA) is 63.5 Å².